The lowest BCUT2D eigenvalue weighted by Gasteiger charge is -2.58. The van der Waals surface area contributed by atoms with Crippen molar-refractivity contribution >= 4 is 11.8 Å². The van der Waals surface area contributed by atoms with Crippen molar-refractivity contribution in [3.8, 4) is 6.07 Å². The number of rotatable bonds is 3. The summed E-state index contributed by atoms with van der Waals surface area (Å²) < 4.78 is 5.62. The highest BCUT2D eigenvalue weighted by atomic mass is 16.5. The van der Waals surface area contributed by atoms with Gasteiger partial charge in [0.2, 0.25) is 0 Å². The highest BCUT2D eigenvalue weighted by Gasteiger charge is 2.58. The smallest absolute Gasteiger partial charge is 0.302 e. The van der Waals surface area contributed by atoms with Gasteiger partial charge in [0.15, 0.2) is 5.78 Å². The molecule has 5 unspecified atom stereocenters. The zero-order valence-electron chi connectivity index (χ0n) is 17.2. The van der Waals surface area contributed by atoms with Gasteiger partial charge in [0.1, 0.15) is 6.10 Å². The molecule has 0 spiro atoms. The van der Waals surface area contributed by atoms with E-state index in [1.165, 1.54) is 12.5 Å². The van der Waals surface area contributed by atoms with Crippen molar-refractivity contribution in [2.24, 2.45) is 28.6 Å². The molecule has 0 amide bonds. The number of carbonyl (C=O) groups is 2. The van der Waals surface area contributed by atoms with Crippen LogP contribution in [0.15, 0.2) is 23.3 Å². The van der Waals surface area contributed by atoms with Crippen LogP contribution in [-0.2, 0) is 14.3 Å². The predicted molar refractivity (Wildman–Crippen MR) is 103 cm³/mol. The molecule has 4 heteroatoms. The molecule has 0 aromatic heterocycles. The van der Waals surface area contributed by atoms with Crippen molar-refractivity contribution in [1.29, 1.82) is 5.26 Å². The first-order chi connectivity index (χ1) is 12.6. The van der Waals surface area contributed by atoms with E-state index in [-0.39, 0.29) is 46.4 Å². The maximum absolute atomic E-state index is 13.3. The Morgan fingerprint density at radius 1 is 1.37 bits per heavy atom. The average Bonchev–Trinajstić information content (AvgIpc) is 2.59. The van der Waals surface area contributed by atoms with E-state index in [9.17, 15) is 9.59 Å². The molecule has 27 heavy (non-hydrogen) atoms. The molecule has 0 N–H and O–H groups in total. The minimum absolute atomic E-state index is 0.0295. The summed E-state index contributed by atoms with van der Waals surface area (Å²) in [7, 11) is 0. The summed E-state index contributed by atoms with van der Waals surface area (Å²) in [5.41, 5.74) is 1.98. The van der Waals surface area contributed by atoms with Crippen molar-refractivity contribution in [1.82, 2.24) is 0 Å². The van der Waals surface area contributed by atoms with Crippen molar-refractivity contribution in [3.05, 3.63) is 23.3 Å². The standard InChI is InChI=1S/C23H31NO3/c1-14-8-9-17-21(16(14)7-6-12-24)18(26)13-19-22(3,4)20(27-15(2)25)10-11-23(17,19)5/h8,13,16-17,20-21H,6-7,9-11H2,1-5H3. The van der Waals surface area contributed by atoms with Crippen LogP contribution in [0.2, 0.25) is 0 Å². The van der Waals surface area contributed by atoms with Crippen LogP contribution in [0.1, 0.15) is 66.7 Å². The maximum atomic E-state index is 13.3. The van der Waals surface area contributed by atoms with Gasteiger partial charge >= 0.3 is 5.97 Å². The van der Waals surface area contributed by atoms with Gasteiger partial charge in [0, 0.05) is 24.7 Å². The summed E-state index contributed by atoms with van der Waals surface area (Å²) in [6.45, 7) is 10.1. The number of fused-ring (bicyclic) bond motifs is 3. The molecule has 146 valence electrons. The van der Waals surface area contributed by atoms with Gasteiger partial charge in [-0.25, -0.2) is 0 Å². The van der Waals surface area contributed by atoms with Crippen molar-refractivity contribution in [2.45, 2.75) is 72.8 Å². The lowest BCUT2D eigenvalue weighted by molar-refractivity contribution is -0.156. The van der Waals surface area contributed by atoms with E-state index >= 15 is 0 Å². The Labute approximate surface area is 162 Å². The van der Waals surface area contributed by atoms with E-state index in [0.29, 0.717) is 6.42 Å². The molecule has 0 aromatic rings. The van der Waals surface area contributed by atoms with Crippen molar-refractivity contribution < 1.29 is 14.3 Å². The Balaban J connectivity index is 2.02. The summed E-state index contributed by atoms with van der Waals surface area (Å²) in [4.78, 5) is 24.8. The Kier molecular flexibility index (Phi) is 5.10. The first-order valence-corrected chi connectivity index (χ1v) is 10.1. The fourth-order valence-corrected chi connectivity index (χ4v) is 6.07. The third kappa shape index (κ3) is 3.16. The minimum Gasteiger partial charge on any atom is -0.462 e. The minimum atomic E-state index is -0.350. The first-order valence-electron chi connectivity index (χ1n) is 10.1. The molecule has 0 radical (unpaired) electrons. The average molecular weight is 370 g/mol. The number of nitriles is 1. The molecular weight excluding hydrogens is 338 g/mol. The molecule has 0 aromatic carbocycles. The van der Waals surface area contributed by atoms with Gasteiger partial charge in [-0.15, -0.1) is 0 Å². The van der Waals surface area contributed by atoms with E-state index in [1.807, 2.05) is 6.08 Å². The Morgan fingerprint density at radius 3 is 2.70 bits per heavy atom. The predicted octanol–water partition coefficient (Wildman–Crippen LogP) is 4.76. The van der Waals surface area contributed by atoms with Crippen LogP contribution < -0.4 is 0 Å². The number of allylic oxidation sites excluding steroid dienone is 3. The molecule has 0 aliphatic heterocycles. The Bertz CT molecular complexity index is 754. The van der Waals surface area contributed by atoms with Crippen LogP contribution in [0.4, 0.5) is 0 Å². The fraction of sp³-hybridized carbons (Fsp3) is 0.696. The summed E-state index contributed by atoms with van der Waals surface area (Å²) in [6.07, 6.45) is 7.87. The number of nitrogens with zero attached hydrogens (tertiary/aromatic N) is 1. The second-order valence-corrected chi connectivity index (χ2v) is 9.36. The molecular formula is C23H31NO3. The number of ether oxygens (including phenoxy) is 1. The zero-order chi connectivity index (χ0) is 20.0. The highest BCUT2D eigenvalue weighted by Crippen LogP contribution is 2.62. The highest BCUT2D eigenvalue weighted by molar-refractivity contribution is 5.95. The van der Waals surface area contributed by atoms with Gasteiger partial charge in [0.05, 0.1) is 6.07 Å². The van der Waals surface area contributed by atoms with Crippen LogP contribution in [0.25, 0.3) is 0 Å². The van der Waals surface area contributed by atoms with Crippen LogP contribution in [0.5, 0.6) is 0 Å². The van der Waals surface area contributed by atoms with E-state index in [4.69, 9.17) is 10.00 Å². The summed E-state index contributed by atoms with van der Waals surface area (Å²) in [5, 5.41) is 9.05. The zero-order valence-corrected chi connectivity index (χ0v) is 17.2. The molecule has 1 saturated carbocycles. The second-order valence-electron chi connectivity index (χ2n) is 9.36. The van der Waals surface area contributed by atoms with Gasteiger partial charge in [-0.1, -0.05) is 38.0 Å². The van der Waals surface area contributed by atoms with Crippen molar-refractivity contribution in [2.75, 3.05) is 0 Å². The molecule has 4 nitrogen and oxygen atoms in total. The molecule has 3 aliphatic carbocycles. The van der Waals surface area contributed by atoms with Crippen molar-refractivity contribution in [3.63, 3.8) is 0 Å². The molecule has 5 atom stereocenters. The number of esters is 1. The monoisotopic (exact) mass is 369 g/mol. The lowest BCUT2D eigenvalue weighted by atomic mass is 9.47. The van der Waals surface area contributed by atoms with Crippen LogP contribution in [-0.4, -0.2) is 17.9 Å². The number of hydrogen-bond acceptors (Lipinski definition) is 4. The molecule has 3 aliphatic rings. The number of hydrogen-bond donors (Lipinski definition) is 0. The second kappa shape index (κ2) is 6.93. The van der Waals surface area contributed by atoms with Gasteiger partial charge in [0.25, 0.3) is 0 Å². The summed E-state index contributed by atoms with van der Waals surface area (Å²) >= 11 is 0. The third-order valence-corrected chi connectivity index (χ3v) is 7.49. The third-order valence-electron chi connectivity index (χ3n) is 7.49. The largest absolute Gasteiger partial charge is 0.462 e. The Morgan fingerprint density at radius 2 is 2.07 bits per heavy atom. The summed E-state index contributed by atoms with van der Waals surface area (Å²) in [6, 6.07) is 2.25. The SMILES string of the molecule is CC(=O)OC1CCC2(C)C(=CC(=O)C3C(CCC#N)C(C)=CCC32)C1(C)C. The van der Waals surface area contributed by atoms with Gasteiger partial charge in [-0.05, 0) is 55.9 Å². The van der Waals surface area contributed by atoms with Gasteiger partial charge in [-0.3, -0.25) is 9.59 Å². The van der Waals surface area contributed by atoms with Crippen LogP contribution in [0, 0.1) is 39.9 Å². The quantitative estimate of drug-likeness (QED) is 0.531. The first kappa shape index (κ1) is 19.9. The molecule has 3 rings (SSSR count). The van der Waals surface area contributed by atoms with Crippen LogP contribution >= 0.6 is 0 Å². The van der Waals surface area contributed by atoms with E-state index in [1.54, 1.807) is 0 Å². The number of ketones is 1. The molecule has 0 bridgehead atoms. The van der Waals surface area contributed by atoms with Gasteiger partial charge < -0.3 is 4.74 Å². The fourth-order valence-electron chi connectivity index (χ4n) is 6.07. The van der Waals surface area contributed by atoms with E-state index < -0.39 is 0 Å². The maximum Gasteiger partial charge on any atom is 0.302 e. The summed E-state index contributed by atoms with van der Waals surface area (Å²) in [5.74, 6) is 0.331. The molecule has 1 fully saturated rings. The topological polar surface area (TPSA) is 67.2 Å². The Hall–Kier alpha value is -1.89. The lowest BCUT2D eigenvalue weighted by Crippen LogP contribution is -2.54. The molecule has 0 heterocycles. The number of carbonyl (C=O) groups excluding carboxylic acids is 2. The van der Waals surface area contributed by atoms with E-state index in [0.717, 1.165) is 31.3 Å². The normalized spacial score (nSPS) is 37.3. The van der Waals surface area contributed by atoms with Gasteiger partial charge in [-0.2, -0.15) is 5.26 Å². The van der Waals surface area contributed by atoms with E-state index in [2.05, 4.69) is 39.8 Å². The van der Waals surface area contributed by atoms with Crippen LogP contribution in [0.3, 0.4) is 0 Å². The molecule has 0 saturated heterocycles.